The van der Waals surface area contributed by atoms with Crippen LogP contribution in [0.15, 0.2) is 34.1 Å². The van der Waals surface area contributed by atoms with Gasteiger partial charge in [0.1, 0.15) is 5.82 Å². The summed E-state index contributed by atoms with van der Waals surface area (Å²) in [6.45, 7) is 0. The highest BCUT2D eigenvalue weighted by Crippen LogP contribution is 2.34. The summed E-state index contributed by atoms with van der Waals surface area (Å²) in [5.74, 6) is -0.247. The summed E-state index contributed by atoms with van der Waals surface area (Å²) in [7, 11) is 1.79. The van der Waals surface area contributed by atoms with Crippen LogP contribution < -0.4 is 5.32 Å². The zero-order valence-corrected chi connectivity index (χ0v) is 12.2. The van der Waals surface area contributed by atoms with E-state index in [9.17, 15) is 4.39 Å². The molecule has 0 amide bonds. The SMILES string of the molecule is CNC(c1ccc(Br)cc1F)c1sccc1Cl. The van der Waals surface area contributed by atoms with Crippen molar-refractivity contribution in [1.82, 2.24) is 5.32 Å². The Kier molecular flexibility index (Phi) is 4.20. The van der Waals surface area contributed by atoms with Crippen LogP contribution in [0.3, 0.4) is 0 Å². The molecule has 1 aromatic heterocycles. The van der Waals surface area contributed by atoms with Crippen LogP contribution >= 0.6 is 38.9 Å². The van der Waals surface area contributed by atoms with E-state index >= 15 is 0 Å². The first kappa shape index (κ1) is 13.0. The maximum absolute atomic E-state index is 13.9. The maximum atomic E-state index is 13.9. The molecule has 0 aliphatic heterocycles. The van der Waals surface area contributed by atoms with Crippen LogP contribution in [-0.2, 0) is 0 Å². The second-order valence-corrected chi connectivity index (χ2v) is 5.79. The summed E-state index contributed by atoms with van der Waals surface area (Å²) in [4.78, 5) is 0.926. The number of halogens is 3. The Hall–Kier alpha value is -0.420. The van der Waals surface area contributed by atoms with Crippen molar-refractivity contribution in [3.8, 4) is 0 Å². The van der Waals surface area contributed by atoms with Crippen LogP contribution in [-0.4, -0.2) is 7.05 Å². The maximum Gasteiger partial charge on any atom is 0.129 e. The van der Waals surface area contributed by atoms with E-state index < -0.39 is 0 Å². The molecular weight excluding hydrogens is 325 g/mol. The van der Waals surface area contributed by atoms with Crippen LogP contribution in [0.1, 0.15) is 16.5 Å². The summed E-state index contributed by atoms with van der Waals surface area (Å²) >= 11 is 10.8. The summed E-state index contributed by atoms with van der Waals surface area (Å²) in [6, 6.07) is 6.65. The lowest BCUT2D eigenvalue weighted by Gasteiger charge is -2.16. The Balaban J connectivity index is 2.46. The predicted octanol–water partition coefficient (Wildman–Crippen LogP) is 4.61. The van der Waals surface area contributed by atoms with E-state index in [-0.39, 0.29) is 11.9 Å². The lowest BCUT2D eigenvalue weighted by atomic mass is 10.1. The number of thiophene rings is 1. The molecule has 1 N–H and O–H groups in total. The third-order valence-electron chi connectivity index (χ3n) is 2.47. The third kappa shape index (κ3) is 2.71. The molecule has 0 bridgehead atoms. The minimum Gasteiger partial charge on any atom is -0.309 e. The standard InChI is InChI=1S/C12H10BrClFNS/c1-16-11(12-9(14)4-5-17-12)8-3-2-7(13)6-10(8)15/h2-6,11,16H,1H3. The number of hydrogen-bond donors (Lipinski definition) is 1. The largest absolute Gasteiger partial charge is 0.309 e. The molecule has 1 unspecified atom stereocenters. The molecule has 17 heavy (non-hydrogen) atoms. The van der Waals surface area contributed by atoms with Gasteiger partial charge < -0.3 is 5.32 Å². The van der Waals surface area contributed by atoms with E-state index in [0.29, 0.717) is 10.6 Å². The van der Waals surface area contributed by atoms with Gasteiger partial charge in [-0.15, -0.1) is 11.3 Å². The molecule has 0 aliphatic rings. The van der Waals surface area contributed by atoms with Gasteiger partial charge in [0.05, 0.1) is 11.1 Å². The topological polar surface area (TPSA) is 12.0 Å². The lowest BCUT2D eigenvalue weighted by molar-refractivity contribution is 0.578. The molecule has 2 rings (SSSR count). The van der Waals surface area contributed by atoms with Crippen molar-refractivity contribution >= 4 is 38.9 Å². The van der Waals surface area contributed by atoms with Crippen LogP contribution in [0.2, 0.25) is 5.02 Å². The molecule has 1 atom stereocenters. The van der Waals surface area contributed by atoms with Crippen molar-refractivity contribution in [1.29, 1.82) is 0 Å². The summed E-state index contributed by atoms with van der Waals surface area (Å²) < 4.78 is 14.6. The zero-order chi connectivity index (χ0) is 12.4. The highest BCUT2D eigenvalue weighted by Gasteiger charge is 2.19. The van der Waals surface area contributed by atoms with E-state index in [1.54, 1.807) is 13.1 Å². The summed E-state index contributed by atoms with van der Waals surface area (Å²) in [5.41, 5.74) is 0.597. The fourth-order valence-corrected chi connectivity index (χ4v) is 3.30. The van der Waals surface area contributed by atoms with Gasteiger partial charge in [-0.05, 0) is 30.6 Å². The number of benzene rings is 1. The predicted molar refractivity (Wildman–Crippen MR) is 74.3 cm³/mol. The average Bonchev–Trinajstić information content (AvgIpc) is 2.69. The van der Waals surface area contributed by atoms with Crippen molar-refractivity contribution in [3.63, 3.8) is 0 Å². The van der Waals surface area contributed by atoms with Crippen LogP contribution in [0.5, 0.6) is 0 Å². The normalized spacial score (nSPS) is 12.7. The Morgan fingerprint density at radius 1 is 1.41 bits per heavy atom. The second-order valence-electron chi connectivity index (χ2n) is 3.52. The summed E-state index contributed by atoms with van der Waals surface area (Å²) in [6.07, 6.45) is 0. The van der Waals surface area contributed by atoms with Gasteiger partial charge in [-0.25, -0.2) is 4.39 Å². The number of rotatable bonds is 3. The molecule has 90 valence electrons. The first-order chi connectivity index (χ1) is 8.13. The smallest absolute Gasteiger partial charge is 0.129 e. The lowest BCUT2D eigenvalue weighted by Crippen LogP contribution is -2.18. The first-order valence-electron chi connectivity index (χ1n) is 4.98. The van der Waals surface area contributed by atoms with Crippen molar-refractivity contribution in [2.75, 3.05) is 7.05 Å². The average molecular weight is 335 g/mol. The fourth-order valence-electron chi connectivity index (χ4n) is 1.67. The minimum absolute atomic E-state index is 0.212. The van der Waals surface area contributed by atoms with Crippen molar-refractivity contribution in [3.05, 3.63) is 55.4 Å². The van der Waals surface area contributed by atoms with Crippen LogP contribution in [0, 0.1) is 5.82 Å². The van der Waals surface area contributed by atoms with Gasteiger partial charge in [-0.3, -0.25) is 0 Å². The van der Waals surface area contributed by atoms with Crippen LogP contribution in [0.4, 0.5) is 4.39 Å². The highest BCUT2D eigenvalue weighted by molar-refractivity contribution is 9.10. The Bertz CT molecular complexity index is 529. The molecule has 0 saturated carbocycles. The van der Waals surface area contributed by atoms with Crippen molar-refractivity contribution < 1.29 is 4.39 Å². The Labute approximate surface area is 117 Å². The second kappa shape index (κ2) is 5.48. The van der Waals surface area contributed by atoms with E-state index in [4.69, 9.17) is 11.6 Å². The van der Waals surface area contributed by atoms with E-state index in [1.165, 1.54) is 17.4 Å². The van der Waals surface area contributed by atoms with Gasteiger partial charge in [0, 0.05) is 14.9 Å². The molecule has 0 radical (unpaired) electrons. The van der Waals surface area contributed by atoms with Gasteiger partial charge in [-0.2, -0.15) is 0 Å². The molecular formula is C12H10BrClFNS. The quantitative estimate of drug-likeness (QED) is 0.864. The van der Waals surface area contributed by atoms with Gasteiger partial charge in [0.2, 0.25) is 0 Å². The van der Waals surface area contributed by atoms with Gasteiger partial charge >= 0.3 is 0 Å². The molecule has 0 aliphatic carbocycles. The van der Waals surface area contributed by atoms with Gasteiger partial charge in [0.25, 0.3) is 0 Å². The Morgan fingerprint density at radius 3 is 2.71 bits per heavy atom. The molecule has 1 nitrogen and oxygen atoms in total. The number of hydrogen-bond acceptors (Lipinski definition) is 2. The third-order valence-corrected chi connectivity index (χ3v) is 4.39. The highest BCUT2D eigenvalue weighted by atomic mass is 79.9. The van der Waals surface area contributed by atoms with Crippen molar-refractivity contribution in [2.45, 2.75) is 6.04 Å². The van der Waals surface area contributed by atoms with Gasteiger partial charge in [-0.1, -0.05) is 33.6 Å². The van der Waals surface area contributed by atoms with Crippen LogP contribution in [0.25, 0.3) is 0 Å². The molecule has 0 fully saturated rings. The number of nitrogens with one attached hydrogen (secondary N) is 1. The fraction of sp³-hybridized carbons (Fsp3) is 0.167. The van der Waals surface area contributed by atoms with Gasteiger partial charge in [0.15, 0.2) is 0 Å². The van der Waals surface area contributed by atoms with Crippen molar-refractivity contribution in [2.24, 2.45) is 0 Å². The van der Waals surface area contributed by atoms with E-state index in [1.807, 2.05) is 17.5 Å². The zero-order valence-electron chi connectivity index (χ0n) is 9.01. The minimum atomic E-state index is -0.247. The molecule has 1 heterocycles. The van der Waals surface area contributed by atoms with E-state index in [2.05, 4.69) is 21.2 Å². The molecule has 0 saturated heterocycles. The molecule has 2 aromatic rings. The molecule has 0 spiro atoms. The Morgan fingerprint density at radius 2 is 2.18 bits per heavy atom. The first-order valence-corrected chi connectivity index (χ1v) is 7.03. The van der Waals surface area contributed by atoms with E-state index in [0.717, 1.165) is 9.35 Å². The monoisotopic (exact) mass is 333 g/mol. The summed E-state index contributed by atoms with van der Waals surface area (Å²) in [5, 5.41) is 5.66. The molecule has 1 aromatic carbocycles. The molecule has 5 heteroatoms.